The number of para-hydroxylation sites is 4. The average molecular weight is 754 g/mol. The van der Waals surface area contributed by atoms with E-state index in [1.807, 2.05) is 42.5 Å². The van der Waals surface area contributed by atoms with Crippen molar-refractivity contribution in [1.82, 2.24) is 0 Å². The number of carbonyl (C=O) groups excluding carboxylic acids is 1. The topological polar surface area (TPSA) is 46.6 Å². The highest BCUT2D eigenvalue weighted by molar-refractivity contribution is 7.25. The van der Waals surface area contributed by atoms with Gasteiger partial charge in [-0.05, 0) is 76.9 Å². The molecule has 11 rings (SSSR count). The highest BCUT2D eigenvalue weighted by atomic mass is 32.1. The fourth-order valence-corrected chi connectivity index (χ4v) is 10.2. The predicted octanol–water partition coefficient (Wildman–Crippen LogP) is 15.0. The number of benzene rings is 7. The summed E-state index contributed by atoms with van der Waals surface area (Å²) in [5, 5.41) is 6.50. The molecule has 0 saturated carbocycles. The van der Waals surface area contributed by atoms with Crippen molar-refractivity contribution in [2.24, 2.45) is 0 Å². The molecule has 0 amide bonds. The van der Waals surface area contributed by atoms with Crippen LogP contribution in [0, 0.1) is 0 Å². The number of ketones is 1. The first-order chi connectivity index (χ1) is 27.8. The fourth-order valence-electron chi connectivity index (χ4n) is 9.15. The van der Waals surface area contributed by atoms with Crippen molar-refractivity contribution >= 4 is 104 Å². The van der Waals surface area contributed by atoms with Crippen molar-refractivity contribution in [3.8, 4) is 0 Å². The predicted molar refractivity (Wildman–Crippen MR) is 239 cm³/mol. The second kappa shape index (κ2) is 12.3. The average Bonchev–Trinajstić information content (AvgIpc) is 3.94. The quantitative estimate of drug-likeness (QED) is 0.170. The molecule has 272 valence electrons. The number of hydrogen-bond acceptors (Lipinski definition) is 5. The Kier molecular flexibility index (Phi) is 7.19. The summed E-state index contributed by atoms with van der Waals surface area (Å²) in [6.07, 6.45) is 1.70. The van der Waals surface area contributed by atoms with Gasteiger partial charge in [-0.25, -0.2) is 0 Å². The molecule has 1 aliphatic carbocycles. The third kappa shape index (κ3) is 4.82. The largest absolute Gasteiger partial charge is 0.454 e. The summed E-state index contributed by atoms with van der Waals surface area (Å²) in [6, 6.07) is 50.2. The van der Waals surface area contributed by atoms with E-state index in [1.165, 1.54) is 9.40 Å². The van der Waals surface area contributed by atoms with Gasteiger partial charge in [0.2, 0.25) is 0 Å². The molecule has 0 N–H and O–H groups in total. The number of anilines is 3. The molecular weight excluding hydrogens is 719 g/mol. The molecule has 3 aromatic heterocycles. The first kappa shape index (κ1) is 33.4. The molecule has 10 aromatic rings. The number of furan rings is 2. The van der Waals surface area contributed by atoms with E-state index in [-0.39, 0.29) is 5.78 Å². The molecule has 0 fully saturated rings. The molecule has 0 atom stereocenters. The van der Waals surface area contributed by atoms with Crippen molar-refractivity contribution in [2.45, 2.75) is 19.3 Å². The van der Waals surface area contributed by atoms with Gasteiger partial charge < -0.3 is 13.7 Å². The van der Waals surface area contributed by atoms with E-state index >= 15 is 0 Å². The van der Waals surface area contributed by atoms with Gasteiger partial charge >= 0.3 is 0 Å². The maximum atomic E-state index is 13.8. The van der Waals surface area contributed by atoms with E-state index in [1.54, 1.807) is 17.4 Å². The fraction of sp³-hybridized carbons (Fsp3) is 0.0577. The van der Waals surface area contributed by atoms with Gasteiger partial charge in [0.15, 0.2) is 16.9 Å². The molecule has 0 aliphatic heterocycles. The molecule has 0 bridgehead atoms. The third-order valence-electron chi connectivity index (χ3n) is 11.8. The van der Waals surface area contributed by atoms with Crippen molar-refractivity contribution in [2.75, 3.05) is 4.90 Å². The van der Waals surface area contributed by atoms with Gasteiger partial charge in [-0.2, -0.15) is 0 Å². The number of hydrogen-bond donors (Lipinski definition) is 0. The van der Waals surface area contributed by atoms with Gasteiger partial charge in [0.1, 0.15) is 11.2 Å². The summed E-state index contributed by atoms with van der Waals surface area (Å²) >= 11 is 1.77. The van der Waals surface area contributed by atoms with E-state index in [2.05, 4.69) is 135 Å². The van der Waals surface area contributed by atoms with Crippen LogP contribution in [0.2, 0.25) is 0 Å². The number of thiophene rings is 1. The van der Waals surface area contributed by atoms with Gasteiger partial charge in [-0.15, -0.1) is 11.3 Å². The Labute approximate surface area is 332 Å². The minimum absolute atomic E-state index is 0.0122. The normalized spacial score (nSPS) is 14.0. The molecule has 0 unspecified atom stereocenters. The minimum atomic E-state index is -0.459. The molecule has 57 heavy (non-hydrogen) atoms. The first-order valence-electron chi connectivity index (χ1n) is 19.1. The standard InChI is InChI=1S/C52H35NO3S/c1-5-33-48(52(3,4)41-19-9-6-16-38(41)49(33)54)30(2)31-24-26-46-39(28-31)40-29-32(25-27-47(40)57-46)53(42-20-12-17-36-34-14-7-10-22-44(34)55-50(36)42)43-21-13-18-37-35-15-8-11-23-45(35)56-51(37)43/h5-29H,1-2H2,3-4H3. The Morgan fingerprint density at radius 2 is 1.19 bits per heavy atom. The lowest BCUT2D eigenvalue weighted by Gasteiger charge is -2.37. The summed E-state index contributed by atoms with van der Waals surface area (Å²) in [5.41, 5.74) is 10.7. The highest BCUT2D eigenvalue weighted by Gasteiger charge is 2.39. The van der Waals surface area contributed by atoms with Crippen LogP contribution in [0.5, 0.6) is 0 Å². The Bertz CT molecular complexity index is 3290. The lowest BCUT2D eigenvalue weighted by Crippen LogP contribution is -2.31. The summed E-state index contributed by atoms with van der Waals surface area (Å²) in [7, 11) is 0. The number of carbonyl (C=O) groups is 1. The second-order valence-electron chi connectivity index (χ2n) is 15.3. The van der Waals surface area contributed by atoms with Crippen molar-refractivity contribution in [3.05, 3.63) is 193 Å². The minimum Gasteiger partial charge on any atom is -0.454 e. The third-order valence-corrected chi connectivity index (χ3v) is 12.9. The van der Waals surface area contributed by atoms with Crippen LogP contribution in [0.4, 0.5) is 17.1 Å². The molecule has 7 aromatic carbocycles. The lowest BCUT2D eigenvalue weighted by atomic mass is 9.65. The first-order valence-corrected chi connectivity index (χ1v) is 19.9. The molecule has 4 nitrogen and oxygen atoms in total. The number of fused-ring (bicyclic) bond motifs is 10. The lowest BCUT2D eigenvalue weighted by molar-refractivity contribution is 0.103. The number of Topliss-reactive ketones (excluding diaryl/α,β-unsaturated/α-hetero) is 1. The summed E-state index contributed by atoms with van der Waals surface area (Å²) in [5.74, 6) is -0.0122. The monoisotopic (exact) mass is 753 g/mol. The zero-order valence-electron chi connectivity index (χ0n) is 31.4. The molecule has 1 aliphatic rings. The second-order valence-corrected chi connectivity index (χ2v) is 16.4. The van der Waals surface area contributed by atoms with Crippen LogP contribution in [0.15, 0.2) is 185 Å². The highest BCUT2D eigenvalue weighted by Crippen LogP contribution is 2.50. The van der Waals surface area contributed by atoms with Crippen LogP contribution in [0.1, 0.15) is 35.3 Å². The van der Waals surface area contributed by atoms with Gasteiger partial charge in [0, 0.05) is 64.0 Å². The SMILES string of the molecule is C=CC1=C(C(=C)c2ccc3sc4ccc(N(c5cccc6c5oc5ccccc56)c5cccc6c5oc5ccccc56)cc4c3c2)C(C)(C)c2ccccc2C1=O. The maximum Gasteiger partial charge on any atom is 0.193 e. The zero-order valence-corrected chi connectivity index (χ0v) is 32.2. The van der Waals surface area contributed by atoms with Gasteiger partial charge in [0.05, 0.1) is 11.4 Å². The van der Waals surface area contributed by atoms with Crippen LogP contribution in [-0.2, 0) is 5.41 Å². The number of rotatable bonds is 6. The summed E-state index contributed by atoms with van der Waals surface area (Å²) in [6.45, 7) is 13.1. The Morgan fingerprint density at radius 1 is 0.632 bits per heavy atom. The van der Waals surface area contributed by atoms with E-state index in [0.717, 1.165) is 99.5 Å². The van der Waals surface area contributed by atoms with Gasteiger partial charge in [-0.3, -0.25) is 4.79 Å². The maximum absolute atomic E-state index is 13.8. The molecule has 0 radical (unpaired) electrons. The molecular formula is C52H35NO3S. The Balaban J connectivity index is 1.12. The molecule has 5 heteroatoms. The van der Waals surface area contributed by atoms with Crippen LogP contribution < -0.4 is 4.90 Å². The van der Waals surface area contributed by atoms with Crippen molar-refractivity contribution in [1.29, 1.82) is 0 Å². The van der Waals surface area contributed by atoms with Gasteiger partial charge in [0.25, 0.3) is 0 Å². The van der Waals surface area contributed by atoms with Crippen LogP contribution in [0.25, 0.3) is 69.6 Å². The summed E-state index contributed by atoms with van der Waals surface area (Å²) < 4.78 is 15.7. The van der Waals surface area contributed by atoms with Crippen molar-refractivity contribution < 1.29 is 13.6 Å². The van der Waals surface area contributed by atoms with E-state index in [4.69, 9.17) is 8.83 Å². The van der Waals surface area contributed by atoms with E-state index in [0.29, 0.717) is 5.57 Å². The number of allylic oxidation sites excluding steroid dienone is 4. The molecule has 0 spiro atoms. The molecule has 3 heterocycles. The van der Waals surface area contributed by atoms with E-state index in [9.17, 15) is 4.79 Å². The smallest absolute Gasteiger partial charge is 0.193 e. The van der Waals surface area contributed by atoms with E-state index < -0.39 is 5.41 Å². The Morgan fingerprint density at radius 3 is 1.84 bits per heavy atom. The van der Waals surface area contributed by atoms with Crippen LogP contribution in [0.3, 0.4) is 0 Å². The summed E-state index contributed by atoms with van der Waals surface area (Å²) in [4.78, 5) is 16.1. The van der Waals surface area contributed by atoms with Crippen LogP contribution >= 0.6 is 11.3 Å². The number of nitrogens with zero attached hydrogens (tertiary/aromatic N) is 1. The van der Waals surface area contributed by atoms with Crippen molar-refractivity contribution in [3.63, 3.8) is 0 Å². The van der Waals surface area contributed by atoms with Crippen LogP contribution in [-0.4, -0.2) is 5.78 Å². The van der Waals surface area contributed by atoms with Gasteiger partial charge in [-0.1, -0.05) is 124 Å². The Hall–Kier alpha value is -6.95. The molecule has 0 saturated heterocycles. The zero-order chi connectivity index (χ0) is 38.6.